The molecule has 0 amide bonds. The summed E-state index contributed by atoms with van der Waals surface area (Å²) in [6.45, 7) is 8.58. The minimum atomic E-state index is 0.696. The number of hydrogen-bond donors (Lipinski definition) is 0. The van der Waals surface area contributed by atoms with Crippen molar-refractivity contribution in [3.05, 3.63) is 24.1 Å². The molecule has 0 saturated carbocycles. The molecule has 3 rings (SSSR count). The van der Waals surface area contributed by atoms with Gasteiger partial charge in [0.15, 0.2) is 11.5 Å². The van der Waals surface area contributed by atoms with Gasteiger partial charge in [-0.05, 0) is 50.4 Å². The van der Waals surface area contributed by atoms with Crippen molar-refractivity contribution >= 4 is 11.1 Å². The Hall–Kier alpha value is -1.55. The Labute approximate surface area is 126 Å². The van der Waals surface area contributed by atoms with Crippen LogP contribution in [0.4, 0.5) is 0 Å². The number of ether oxygens (including phenoxy) is 1. The Morgan fingerprint density at radius 1 is 1.33 bits per heavy atom. The highest BCUT2D eigenvalue weighted by atomic mass is 16.5. The number of aryl methyl sites for hydroxylation is 1. The highest BCUT2D eigenvalue weighted by molar-refractivity contribution is 5.74. The molecule has 0 aliphatic carbocycles. The smallest absolute Gasteiger partial charge is 0.192 e. The van der Waals surface area contributed by atoms with Crippen molar-refractivity contribution in [1.82, 2.24) is 9.88 Å². The highest BCUT2D eigenvalue weighted by Crippen LogP contribution is 2.21. The van der Waals surface area contributed by atoms with Gasteiger partial charge >= 0.3 is 0 Å². The monoisotopic (exact) mass is 288 g/mol. The summed E-state index contributed by atoms with van der Waals surface area (Å²) in [6, 6.07) is 5.85. The van der Waals surface area contributed by atoms with Crippen LogP contribution >= 0.6 is 0 Å². The summed E-state index contributed by atoms with van der Waals surface area (Å²) in [5.41, 5.74) is 1.69. The zero-order valence-electron chi connectivity index (χ0n) is 13.0. The second kappa shape index (κ2) is 6.48. The predicted molar refractivity (Wildman–Crippen MR) is 83.7 cm³/mol. The van der Waals surface area contributed by atoms with Crippen LogP contribution < -0.4 is 4.74 Å². The van der Waals surface area contributed by atoms with E-state index in [9.17, 15) is 0 Å². The summed E-state index contributed by atoms with van der Waals surface area (Å²) in [5.74, 6) is 2.46. The van der Waals surface area contributed by atoms with E-state index in [1.54, 1.807) is 0 Å². The molecule has 0 N–H and O–H groups in total. The average molecular weight is 288 g/mol. The third-order valence-corrected chi connectivity index (χ3v) is 4.23. The number of hydrogen-bond acceptors (Lipinski definition) is 4. The van der Waals surface area contributed by atoms with Crippen LogP contribution in [0, 0.1) is 12.8 Å². The Bertz CT molecular complexity index is 585. The molecular weight excluding hydrogens is 264 g/mol. The average Bonchev–Trinajstić information content (AvgIpc) is 2.85. The lowest BCUT2D eigenvalue weighted by Crippen LogP contribution is -2.34. The van der Waals surface area contributed by atoms with Crippen molar-refractivity contribution in [2.45, 2.75) is 33.1 Å². The minimum absolute atomic E-state index is 0.696. The van der Waals surface area contributed by atoms with Gasteiger partial charge in [0.1, 0.15) is 11.3 Å². The molecule has 1 aliphatic rings. The summed E-state index contributed by atoms with van der Waals surface area (Å²) < 4.78 is 11.3. The lowest BCUT2D eigenvalue weighted by Gasteiger charge is -2.30. The van der Waals surface area contributed by atoms with E-state index in [0.717, 1.165) is 42.3 Å². The zero-order chi connectivity index (χ0) is 14.7. The number of benzene rings is 1. The van der Waals surface area contributed by atoms with Crippen LogP contribution in [0.15, 0.2) is 22.6 Å². The number of aromatic nitrogens is 1. The van der Waals surface area contributed by atoms with Crippen LogP contribution in [0.5, 0.6) is 5.75 Å². The molecule has 21 heavy (non-hydrogen) atoms. The summed E-state index contributed by atoms with van der Waals surface area (Å²) >= 11 is 0. The van der Waals surface area contributed by atoms with E-state index in [1.165, 1.54) is 25.9 Å². The maximum Gasteiger partial charge on any atom is 0.192 e. The van der Waals surface area contributed by atoms with Gasteiger partial charge in [0.25, 0.3) is 0 Å². The first-order chi connectivity index (χ1) is 10.2. The number of fused-ring (bicyclic) bond motifs is 1. The Balaban J connectivity index is 1.44. The summed E-state index contributed by atoms with van der Waals surface area (Å²) in [5, 5.41) is 0. The third-order valence-electron chi connectivity index (χ3n) is 4.23. The fourth-order valence-corrected chi connectivity index (χ4v) is 2.87. The van der Waals surface area contributed by atoms with Crippen molar-refractivity contribution in [2.75, 3.05) is 26.2 Å². The van der Waals surface area contributed by atoms with E-state index in [2.05, 4.69) is 16.8 Å². The van der Waals surface area contributed by atoms with Crippen LogP contribution in [0.2, 0.25) is 0 Å². The van der Waals surface area contributed by atoms with Gasteiger partial charge in [-0.2, -0.15) is 0 Å². The molecule has 2 aromatic rings. The molecule has 0 unspecified atom stereocenters. The second-order valence-electron chi connectivity index (χ2n) is 6.09. The van der Waals surface area contributed by atoms with Gasteiger partial charge in [-0.1, -0.05) is 6.92 Å². The fraction of sp³-hybridized carbons (Fsp3) is 0.588. The highest BCUT2D eigenvalue weighted by Gasteiger charge is 2.14. The molecule has 0 radical (unpaired) electrons. The van der Waals surface area contributed by atoms with Gasteiger partial charge in [0, 0.05) is 19.5 Å². The second-order valence-corrected chi connectivity index (χ2v) is 6.09. The van der Waals surface area contributed by atoms with E-state index in [4.69, 9.17) is 9.15 Å². The largest absolute Gasteiger partial charge is 0.493 e. The number of nitrogens with zero attached hydrogens (tertiary/aromatic N) is 2. The molecule has 114 valence electrons. The predicted octanol–water partition coefficient (Wildman–Crippen LogP) is 3.64. The number of rotatable bonds is 5. The van der Waals surface area contributed by atoms with Gasteiger partial charge in [-0.3, -0.25) is 0 Å². The molecular formula is C17H24N2O2. The SMILES string of the molecule is Cc1nc2ccc(OCCCN3CCC(C)CC3)cc2o1. The van der Waals surface area contributed by atoms with Crippen molar-refractivity contribution in [3.63, 3.8) is 0 Å². The van der Waals surface area contributed by atoms with E-state index in [0.29, 0.717) is 5.89 Å². The Morgan fingerprint density at radius 2 is 2.14 bits per heavy atom. The standard InChI is InChI=1S/C17H24N2O2/c1-13-6-9-19(10-7-13)8-3-11-20-15-4-5-16-17(12-15)21-14(2)18-16/h4-5,12-13H,3,6-11H2,1-2H3. The van der Waals surface area contributed by atoms with Crippen LogP contribution in [0.1, 0.15) is 32.1 Å². The lowest BCUT2D eigenvalue weighted by atomic mass is 9.99. The first-order valence-corrected chi connectivity index (χ1v) is 7.93. The third kappa shape index (κ3) is 3.76. The van der Waals surface area contributed by atoms with E-state index in [1.807, 2.05) is 25.1 Å². The van der Waals surface area contributed by atoms with Crippen LogP contribution in [0.25, 0.3) is 11.1 Å². The normalized spacial score (nSPS) is 17.4. The van der Waals surface area contributed by atoms with Crippen LogP contribution in [-0.2, 0) is 0 Å². The number of likely N-dealkylation sites (tertiary alicyclic amines) is 1. The quantitative estimate of drug-likeness (QED) is 0.787. The van der Waals surface area contributed by atoms with Crippen molar-refractivity contribution in [3.8, 4) is 5.75 Å². The molecule has 1 saturated heterocycles. The Morgan fingerprint density at radius 3 is 2.95 bits per heavy atom. The maximum absolute atomic E-state index is 5.82. The van der Waals surface area contributed by atoms with Crippen LogP contribution in [-0.4, -0.2) is 36.1 Å². The van der Waals surface area contributed by atoms with Gasteiger partial charge < -0.3 is 14.1 Å². The van der Waals surface area contributed by atoms with Gasteiger partial charge in [-0.25, -0.2) is 4.98 Å². The number of oxazole rings is 1. The molecule has 0 spiro atoms. The Kier molecular flexibility index (Phi) is 4.44. The van der Waals surface area contributed by atoms with Crippen molar-refractivity contribution in [2.24, 2.45) is 5.92 Å². The van der Waals surface area contributed by atoms with Gasteiger partial charge in [0.2, 0.25) is 0 Å². The summed E-state index contributed by atoms with van der Waals surface area (Å²) in [4.78, 5) is 6.84. The van der Waals surface area contributed by atoms with Crippen molar-refractivity contribution < 1.29 is 9.15 Å². The summed E-state index contributed by atoms with van der Waals surface area (Å²) in [6.07, 6.45) is 3.74. The fourth-order valence-electron chi connectivity index (χ4n) is 2.87. The van der Waals surface area contributed by atoms with Crippen LogP contribution in [0.3, 0.4) is 0 Å². The molecule has 1 aromatic heterocycles. The first kappa shape index (κ1) is 14.4. The first-order valence-electron chi connectivity index (χ1n) is 7.93. The van der Waals surface area contributed by atoms with Gasteiger partial charge in [0.05, 0.1) is 6.61 Å². The zero-order valence-corrected chi connectivity index (χ0v) is 13.0. The maximum atomic E-state index is 5.82. The summed E-state index contributed by atoms with van der Waals surface area (Å²) in [7, 11) is 0. The van der Waals surface area contributed by atoms with Crippen molar-refractivity contribution in [1.29, 1.82) is 0 Å². The molecule has 4 heteroatoms. The molecule has 0 bridgehead atoms. The minimum Gasteiger partial charge on any atom is -0.493 e. The molecule has 1 aromatic carbocycles. The number of piperidine rings is 1. The lowest BCUT2D eigenvalue weighted by molar-refractivity contribution is 0.177. The van der Waals surface area contributed by atoms with Gasteiger partial charge in [-0.15, -0.1) is 0 Å². The molecule has 1 aliphatic heterocycles. The molecule has 2 heterocycles. The van der Waals surface area contributed by atoms with E-state index >= 15 is 0 Å². The van der Waals surface area contributed by atoms with E-state index in [-0.39, 0.29) is 0 Å². The topological polar surface area (TPSA) is 38.5 Å². The molecule has 0 atom stereocenters. The molecule has 1 fully saturated rings. The molecule has 4 nitrogen and oxygen atoms in total. The van der Waals surface area contributed by atoms with E-state index < -0.39 is 0 Å².